The molecule has 0 aliphatic heterocycles. The van der Waals surface area contributed by atoms with Crippen molar-refractivity contribution in [2.75, 3.05) is 7.11 Å². The lowest BCUT2D eigenvalue weighted by molar-refractivity contribution is 0.0600. The second-order valence-corrected chi connectivity index (χ2v) is 6.07. The van der Waals surface area contributed by atoms with Gasteiger partial charge >= 0.3 is 5.97 Å². The van der Waals surface area contributed by atoms with Crippen molar-refractivity contribution in [2.24, 2.45) is 0 Å². The van der Waals surface area contributed by atoms with E-state index in [4.69, 9.17) is 0 Å². The Balaban J connectivity index is 2.52. The van der Waals surface area contributed by atoms with Crippen LogP contribution in [0.2, 0.25) is 0 Å². The first kappa shape index (κ1) is 16.8. The summed E-state index contributed by atoms with van der Waals surface area (Å²) in [6, 6.07) is 5.88. The van der Waals surface area contributed by atoms with Crippen LogP contribution in [0.4, 0.5) is 8.78 Å². The van der Waals surface area contributed by atoms with E-state index < -0.39 is 23.4 Å². The third-order valence-corrected chi connectivity index (χ3v) is 3.90. The van der Waals surface area contributed by atoms with Gasteiger partial charge in [-0.15, -0.1) is 0 Å². The van der Waals surface area contributed by atoms with E-state index in [0.29, 0.717) is 10.5 Å². The van der Waals surface area contributed by atoms with Gasteiger partial charge in [0, 0.05) is 16.1 Å². The average molecular weight is 434 g/mol. The maximum absolute atomic E-state index is 13.8. The number of ether oxygens (including phenoxy) is 1. The standard InChI is InChI=1S/C15H8Br2F2O3/c1-22-15(21)8-2-7(3-9(16)4-8)14(20)10-5-11(17)13(19)6-12(10)18/h2-6H,1H3. The smallest absolute Gasteiger partial charge is 0.337 e. The van der Waals surface area contributed by atoms with Crippen LogP contribution >= 0.6 is 31.9 Å². The summed E-state index contributed by atoms with van der Waals surface area (Å²) in [6.45, 7) is 0. The SMILES string of the molecule is COC(=O)c1cc(Br)cc(C(=O)c2cc(Br)c(F)cc2F)c1. The van der Waals surface area contributed by atoms with Crippen LogP contribution in [0.3, 0.4) is 0 Å². The molecule has 0 aliphatic carbocycles. The molecule has 7 heteroatoms. The van der Waals surface area contributed by atoms with Crippen LogP contribution in [-0.2, 0) is 4.74 Å². The monoisotopic (exact) mass is 432 g/mol. The summed E-state index contributed by atoms with van der Waals surface area (Å²) in [5.41, 5.74) is -0.0869. The molecule has 0 spiro atoms. The number of methoxy groups -OCH3 is 1. The predicted molar refractivity (Wildman–Crippen MR) is 83.0 cm³/mol. The lowest BCUT2D eigenvalue weighted by Gasteiger charge is -2.07. The number of carbonyl (C=O) groups excluding carboxylic acids is 2. The molecule has 2 rings (SSSR count). The van der Waals surface area contributed by atoms with E-state index in [9.17, 15) is 18.4 Å². The van der Waals surface area contributed by atoms with Crippen LogP contribution in [-0.4, -0.2) is 18.9 Å². The van der Waals surface area contributed by atoms with Crippen LogP contribution < -0.4 is 0 Å². The molecule has 0 aliphatic rings. The van der Waals surface area contributed by atoms with Gasteiger partial charge in [-0.2, -0.15) is 0 Å². The van der Waals surface area contributed by atoms with Gasteiger partial charge in [0.2, 0.25) is 0 Å². The average Bonchev–Trinajstić information content (AvgIpc) is 2.48. The summed E-state index contributed by atoms with van der Waals surface area (Å²) >= 11 is 6.08. The summed E-state index contributed by atoms with van der Waals surface area (Å²) < 4.78 is 32.1. The highest BCUT2D eigenvalue weighted by Crippen LogP contribution is 2.24. The topological polar surface area (TPSA) is 43.4 Å². The van der Waals surface area contributed by atoms with Crippen molar-refractivity contribution in [2.45, 2.75) is 0 Å². The molecule has 2 aromatic carbocycles. The van der Waals surface area contributed by atoms with E-state index in [0.717, 1.165) is 6.07 Å². The number of hydrogen-bond acceptors (Lipinski definition) is 3. The Hall–Kier alpha value is -1.60. The van der Waals surface area contributed by atoms with Crippen LogP contribution in [0.15, 0.2) is 39.3 Å². The molecule has 2 aromatic rings. The van der Waals surface area contributed by atoms with Gasteiger partial charge in [-0.1, -0.05) is 15.9 Å². The molecule has 0 saturated heterocycles. The second kappa shape index (κ2) is 6.66. The number of esters is 1. The highest BCUT2D eigenvalue weighted by Gasteiger charge is 2.19. The zero-order valence-corrected chi connectivity index (χ0v) is 14.3. The highest BCUT2D eigenvalue weighted by molar-refractivity contribution is 9.10. The molecular formula is C15H8Br2F2O3. The molecule has 0 aromatic heterocycles. The molecule has 0 atom stereocenters. The third kappa shape index (κ3) is 3.41. The van der Waals surface area contributed by atoms with Crippen LogP contribution in [0.25, 0.3) is 0 Å². The number of benzene rings is 2. The number of hydrogen-bond donors (Lipinski definition) is 0. The normalized spacial score (nSPS) is 10.4. The quantitative estimate of drug-likeness (QED) is 0.406. The number of halogens is 4. The van der Waals surface area contributed by atoms with E-state index in [1.807, 2.05) is 0 Å². The highest BCUT2D eigenvalue weighted by atomic mass is 79.9. The van der Waals surface area contributed by atoms with Crippen molar-refractivity contribution in [3.05, 3.63) is 67.6 Å². The summed E-state index contributed by atoms with van der Waals surface area (Å²) in [5, 5.41) is 0. The van der Waals surface area contributed by atoms with Gasteiger partial charge in [-0.05, 0) is 40.2 Å². The van der Waals surface area contributed by atoms with E-state index in [1.165, 1.54) is 25.3 Å². The number of ketones is 1. The lowest BCUT2D eigenvalue weighted by atomic mass is 10.0. The Kier molecular flexibility index (Phi) is 5.08. The fraction of sp³-hybridized carbons (Fsp3) is 0.0667. The Morgan fingerprint density at radius 3 is 2.23 bits per heavy atom. The largest absolute Gasteiger partial charge is 0.465 e. The van der Waals surface area contributed by atoms with Crippen LogP contribution in [0, 0.1) is 11.6 Å². The van der Waals surface area contributed by atoms with E-state index in [1.54, 1.807) is 0 Å². The maximum Gasteiger partial charge on any atom is 0.337 e. The third-order valence-electron chi connectivity index (χ3n) is 2.84. The van der Waals surface area contributed by atoms with E-state index in [2.05, 4.69) is 36.6 Å². The van der Waals surface area contributed by atoms with Gasteiger partial charge in [0.05, 0.1) is 22.7 Å². The van der Waals surface area contributed by atoms with Gasteiger partial charge in [0.15, 0.2) is 5.78 Å². The van der Waals surface area contributed by atoms with Crippen LogP contribution in [0.5, 0.6) is 0 Å². The van der Waals surface area contributed by atoms with Crippen molar-refractivity contribution < 1.29 is 23.1 Å². The molecule has 0 amide bonds. The zero-order valence-electron chi connectivity index (χ0n) is 11.1. The fourth-order valence-corrected chi connectivity index (χ4v) is 2.65. The molecule has 0 unspecified atom stereocenters. The summed E-state index contributed by atoms with van der Waals surface area (Å²) in [4.78, 5) is 23.9. The van der Waals surface area contributed by atoms with Gasteiger partial charge < -0.3 is 4.74 Å². The Morgan fingerprint density at radius 1 is 0.955 bits per heavy atom. The minimum absolute atomic E-state index is 0.0274. The summed E-state index contributed by atoms with van der Waals surface area (Å²) in [7, 11) is 1.21. The Bertz CT molecular complexity index is 776. The van der Waals surface area contributed by atoms with Crippen molar-refractivity contribution >= 4 is 43.6 Å². The fourth-order valence-electron chi connectivity index (χ4n) is 1.81. The molecule has 3 nitrogen and oxygen atoms in total. The van der Waals surface area contributed by atoms with Gasteiger partial charge in [-0.3, -0.25) is 4.79 Å². The molecule has 114 valence electrons. The minimum Gasteiger partial charge on any atom is -0.465 e. The van der Waals surface area contributed by atoms with E-state index in [-0.39, 0.29) is 21.2 Å². The molecule has 0 bridgehead atoms. The minimum atomic E-state index is -0.981. The number of carbonyl (C=O) groups is 2. The molecule has 0 radical (unpaired) electrons. The Labute approximate surface area is 141 Å². The number of rotatable bonds is 3. The maximum atomic E-state index is 13.8. The van der Waals surface area contributed by atoms with Crippen molar-refractivity contribution in [1.82, 2.24) is 0 Å². The summed E-state index contributed by atoms with van der Waals surface area (Å²) in [5.74, 6) is -3.09. The second-order valence-electron chi connectivity index (χ2n) is 4.30. The van der Waals surface area contributed by atoms with Gasteiger partial charge in [0.25, 0.3) is 0 Å². The van der Waals surface area contributed by atoms with Gasteiger partial charge in [-0.25, -0.2) is 13.6 Å². The lowest BCUT2D eigenvalue weighted by Crippen LogP contribution is -2.08. The predicted octanol–water partition coefficient (Wildman–Crippen LogP) is 4.51. The molecule has 0 saturated carbocycles. The molecule has 0 fully saturated rings. The molecular weight excluding hydrogens is 426 g/mol. The first-order valence-corrected chi connectivity index (χ1v) is 7.50. The van der Waals surface area contributed by atoms with Crippen molar-refractivity contribution in [1.29, 1.82) is 0 Å². The Morgan fingerprint density at radius 2 is 1.59 bits per heavy atom. The van der Waals surface area contributed by atoms with Crippen molar-refractivity contribution in [3.8, 4) is 0 Å². The zero-order chi connectivity index (χ0) is 16.4. The first-order chi connectivity index (χ1) is 10.3. The van der Waals surface area contributed by atoms with Gasteiger partial charge in [0.1, 0.15) is 11.6 Å². The molecule has 0 heterocycles. The molecule has 22 heavy (non-hydrogen) atoms. The first-order valence-electron chi connectivity index (χ1n) is 5.91. The van der Waals surface area contributed by atoms with Crippen LogP contribution in [0.1, 0.15) is 26.3 Å². The summed E-state index contributed by atoms with van der Waals surface area (Å²) in [6.07, 6.45) is 0. The van der Waals surface area contributed by atoms with Crippen molar-refractivity contribution in [3.63, 3.8) is 0 Å². The van der Waals surface area contributed by atoms with E-state index >= 15 is 0 Å². The molecule has 0 N–H and O–H groups in total.